The van der Waals surface area contributed by atoms with Crippen LogP contribution >= 0.6 is 35.3 Å². The van der Waals surface area contributed by atoms with Gasteiger partial charge in [-0.15, -0.1) is 0 Å². The van der Waals surface area contributed by atoms with E-state index in [2.05, 4.69) is 0 Å². The average molecular weight is 368 g/mol. The van der Waals surface area contributed by atoms with Crippen molar-refractivity contribution >= 4 is 47.1 Å². The van der Waals surface area contributed by atoms with E-state index in [1.165, 1.54) is 11.4 Å². The smallest absolute Gasteiger partial charge is 0.322 e. The fraction of sp³-hybridized carbons (Fsp3) is 1.00. The molecular weight excluding hydrogens is 346 g/mol. The Hall–Kier alpha value is 1.42. The van der Waals surface area contributed by atoms with E-state index in [9.17, 15) is 4.57 Å². The van der Waals surface area contributed by atoms with Gasteiger partial charge >= 0.3 is 6.80 Å². The summed E-state index contributed by atoms with van der Waals surface area (Å²) >= 11 is 7.85. The predicted molar refractivity (Wildman–Crippen MR) is 88.4 cm³/mol. The molecule has 0 unspecified atom stereocenters. The van der Waals surface area contributed by atoms with Gasteiger partial charge < -0.3 is 18.1 Å². The third-order valence-electron chi connectivity index (χ3n) is 1.57. The lowest BCUT2D eigenvalue weighted by Crippen LogP contribution is -1.94. The average Bonchev–Trinajstić information content (AvgIpc) is 2.29. The van der Waals surface area contributed by atoms with Crippen LogP contribution in [-0.4, -0.2) is 31.5 Å². The summed E-state index contributed by atoms with van der Waals surface area (Å²) in [5, 5.41) is 0.453. The highest BCUT2D eigenvalue weighted by molar-refractivity contribution is 8.72. The molecule has 0 fully saturated rings. The summed E-state index contributed by atoms with van der Waals surface area (Å²) in [5.74, 6) is 0. The maximum atomic E-state index is 12.2. The van der Waals surface area contributed by atoms with Crippen LogP contribution in [0.2, 0.25) is 0 Å². The van der Waals surface area contributed by atoms with Crippen LogP contribution in [0.4, 0.5) is 0 Å². The van der Waals surface area contributed by atoms with Gasteiger partial charge in [-0.3, -0.25) is 0 Å². The lowest BCUT2D eigenvalue weighted by molar-refractivity contribution is 0.237. The molecule has 0 spiro atoms. The van der Waals surface area contributed by atoms with Crippen molar-refractivity contribution in [2.75, 3.05) is 31.5 Å². The maximum Gasteiger partial charge on any atom is 0.389 e. The monoisotopic (exact) mass is 368 g/mol. The number of hydrogen-bond acceptors (Lipinski definition) is 8. The summed E-state index contributed by atoms with van der Waals surface area (Å²) < 4.78 is 33.6. The van der Waals surface area contributed by atoms with E-state index in [1.807, 2.05) is 13.8 Å². The first-order valence-electron chi connectivity index (χ1n) is 6.02. The third-order valence-corrected chi connectivity index (χ3v) is 12.0. The number of rotatable bonds is 12. The minimum absolute atomic E-state index is 0.347. The van der Waals surface area contributed by atoms with Crippen molar-refractivity contribution in [3.63, 3.8) is 0 Å². The second-order valence-electron chi connectivity index (χ2n) is 2.94. The van der Waals surface area contributed by atoms with Crippen LogP contribution in [-0.2, 0) is 34.5 Å². The van der Waals surface area contributed by atoms with E-state index in [4.69, 9.17) is 29.9 Å². The molecule has 19 heavy (non-hydrogen) atoms. The van der Waals surface area contributed by atoms with E-state index in [0.717, 1.165) is 11.4 Å². The fourth-order valence-corrected chi connectivity index (χ4v) is 11.9. The molecule has 0 N–H and O–H groups in total. The Labute approximate surface area is 129 Å². The summed E-state index contributed by atoms with van der Waals surface area (Å²) in [6, 6.07) is 0. The lowest BCUT2D eigenvalue weighted by atomic mass is 10.9. The van der Waals surface area contributed by atoms with Gasteiger partial charge in [0, 0.05) is 0 Å². The summed E-state index contributed by atoms with van der Waals surface area (Å²) in [5.41, 5.74) is -2.35. The Balaban J connectivity index is 4.36. The van der Waals surface area contributed by atoms with Gasteiger partial charge in [-0.05, 0) is 50.9 Å². The molecule has 0 amide bonds. The second-order valence-corrected chi connectivity index (χ2v) is 13.7. The number of hydrogen-bond donors (Lipinski definition) is 0. The van der Waals surface area contributed by atoms with Crippen molar-refractivity contribution in [3.8, 4) is 0 Å². The maximum absolute atomic E-state index is 12.2. The molecule has 0 rings (SSSR count). The highest BCUT2D eigenvalue weighted by Gasteiger charge is 2.27. The van der Waals surface area contributed by atoms with E-state index < -0.39 is 12.5 Å². The molecule has 0 heterocycles. The summed E-state index contributed by atoms with van der Waals surface area (Å²) in [6.07, 6.45) is 0. The highest BCUT2D eigenvalue weighted by Crippen LogP contribution is 2.67. The zero-order valence-electron chi connectivity index (χ0n) is 11.7. The first-order chi connectivity index (χ1) is 8.95. The molecule has 0 aliphatic carbocycles. The normalized spacial score (nSPS) is 12.8. The van der Waals surface area contributed by atoms with Crippen molar-refractivity contribution in [2.24, 2.45) is 0 Å². The van der Waals surface area contributed by atoms with Gasteiger partial charge in [0.1, 0.15) is 0 Å². The standard InChI is InChI=1S/C9H22O5P2S3/c1-5-11-15(10,12-6-2)18-9-19-16(17,13-7-3)14-8-4/h5-9H2,1-4H3. The van der Waals surface area contributed by atoms with Crippen LogP contribution in [0.5, 0.6) is 0 Å². The topological polar surface area (TPSA) is 54.0 Å². The second kappa shape index (κ2) is 11.0. The van der Waals surface area contributed by atoms with E-state index in [-0.39, 0.29) is 0 Å². The molecule has 0 aromatic carbocycles. The molecule has 116 valence electrons. The third kappa shape index (κ3) is 9.12. The van der Waals surface area contributed by atoms with Crippen LogP contribution in [0.1, 0.15) is 27.7 Å². The van der Waals surface area contributed by atoms with Crippen LogP contribution in [0, 0.1) is 0 Å². The van der Waals surface area contributed by atoms with Gasteiger partial charge in [-0.1, -0.05) is 11.4 Å². The van der Waals surface area contributed by atoms with Gasteiger partial charge in [0.05, 0.1) is 31.5 Å². The largest absolute Gasteiger partial charge is 0.389 e. The molecule has 0 bridgehead atoms. The minimum Gasteiger partial charge on any atom is -0.322 e. The fourth-order valence-electron chi connectivity index (χ4n) is 1.01. The van der Waals surface area contributed by atoms with Gasteiger partial charge in [0.2, 0.25) is 5.69 Å². The zero-order valence-corrected chi connectivity index (χ0v) is 15.9. The van der Waals surface area contributed by atoms with Crippen molar-refractivity contribution in [3.05, 3.63) is 0 Å². The first kappa shape index (κ1) is 20.4. The molecule has 0 saturated carbocycles. The molecule has 0 aliphatic rings. The summed E-state index contributed by atoms with van der Waals surface area (Å²) in [7, 11) is 0. The molecule has 5 nitrogen and oxygen atoms in total. The Morgan fingerprint density at radius 1 is 0.842 bits per heavy atom. The quantitative estimate of drug-likeness (QED) is 0.356. The Morgan fingerprint density at radius 2 is 1.26 bits per heavy atom. The molecule has 10 heteroatoms. The molecular formula is C9H22O5P2S3. The van der Waals surface area contributed by atoms with Crippen molar-refractivity contribution in [2.45, 2.75) is 27.7 Å². The van der Waals surface area contributed by atoms with E-state index in [1.54, 1.807) is 13.8 Å². The SMILES string of the molecule is CCOP(=O)(OCC)SCSP(=S)(OCC)OCC. The van der Waals surface area contributed by atoms with Crippen LogP contribution < -0.4 is 0 Å². The van der Waals surface area contributed by atoms with E-state index >= 15 is 0 Å². The Morgan fingerprint density at radius 3 is 1.63 bits per heavy atom. The van der Waals surface area contributed by atoms with Gasteiger partial charge in [-0.2, -0.15) is 0 Å². The predicted octanol–water partition coefficient (Wildman–Crippen LogP) is 4.89. The lowest BCUT2D eigenvalue weighted by Gasteiger charge is -2.21. The molecule has 0 saturated heterocycles. The van der Waals surface area contributed by atoms with Gasteiger partial charge in [0.25, 0.3) is 0 Å². The van der Waals surface area contributed by atoms with Crippen molar-refractivity contribution < 1.29 is 22.7 Å². The van der Waals surface area contributed by atoms with E-state index in [0.29, 0.717) is 31.5 Å². The molecule has 0 atom stereocenters. The molecule has 0 aromatic heterocycles. The van der Waals surface area contributed by atoms with Gasteiger partial charge in [-0.25, -0.2) is 4.57 Å². The molecule has 0 radical (unpaired) electrons. The summed E-state index contributed by atoms with van der Waals surface area (Å²) in [6.45, 7) is 5.93. The van der Waals surface area contributed by atoms with Crippen LogP contribution in [0.25, 0.3) is 0 Å². The summed E-state index contributed by atoms with van der Waals surface area (Å²) in [4.78, 5) is 0. The Kier molecular flexibility index (Phi) is 11.9. The molecule has 0 aliphatic heterocycles. The molecule has 0 aromatic rings. The minimum atomic E-state index is -3.09. The highest BCUT2D eigenvalue weighted by atomic mass is 32.9. The van der Waals surface area contributed by atoms with Crippen LogP contribution in [0.15, 0.2) is 0 Å². The Bertz CT molecular complexity index is 279. The van der Waals surface area contributed by atoms with Gasteiger partial charge in [0.15, 0.2) is 0 Å². The van der Waals surface area contributed by atoms with Crippen LogP contribution in [0.3, 0.4) is 0 Å². The first-order valence-corrected chi connectivity index (χ1v) is 13.4. The van der Waals surface area contributed by atoms with Crippen molar-refractivity contribution in [1.82, 2.24) is 0 Å². The zero-order chi connectivity index (χ0) is 14.8. The van der Waals surface area contributed by atoms with Crippen molar-refractivity contribution in [1.29, 1.82) is 0 Å².